The first-order valence-electron chi connectivity index (χ1n) is 5.39. The van der Waals surface area contributed by atoms with Gasteiger partial charge >= 0.3 is 0 Å². The van der Waals surface area contributed by atoms with Crippen molar-refractivity contribution in [3.05, 3.63) is 60.4 Å². The summed E-state index contributed by atoms with van der Waals surface area (Å²) in [6.45, 7) is 0. The highest BCUT2D eigenvalue weighted by Gasteiger charge is 1.97. The molecular weight excluding hydrogens is 212 g/mol. The third kappa shape index (κ3) is 2.67. The van der Waals surface area contributed by atoms with Gasteiger partial charge in [0.05, 0.1) is 13.4 Å². The molecule has 0 amide bonds. The van der Waals surface area contributed by atoms with Gasteiger partial charge in [-0.05, 0) is 34.9 Å². The van der Waals surface area contributed by atoms with Crippen molar-refractivity contribution < 1.29 is 9.84 Å². The van der Waals surface area contributed by atoms with Crippen molar-refractivity contribution in [1.82, 2.24) is 0 Å². The Balaban J connectivity index is 2.26. The lowest BCUT2D eigenvalue weighted by atomic mass is 10.0. The first kappa shape index (κ1) is 11.3. The first-order valence-corrected chi connectivity index (χ1v) is 5.39. The van der Waals surface area contributed by atoms with Gasteiger partial charge in [0.2, 0.25) is 0 Å². The minimum absolute atomic E-state index is 0.855. The number of rotatable bonds is 3. The summed E-state index contributed by atoms with van der Waals surface area (Å²) in [5.74, 6) is 0.855. The molecule has 1 N–H and O–H groups in total. The zero-order valence-electron chi connectivity index (χ0n) is 9.63. The fraction of sp³-hybridized carbons (Fsp3) is 0.0667. The van der Waals surface area contributed by atoms with Crippen molar-refractivity contribution in [2.24, 2.45) is 0 Å². The quantitative estimate of drug-likeness (QED) is 0.804. The summed E-state index contributed by atoms with van der Waals surface area (Å²) in [6, 6.07) is 15.9. The second-order valence-corrected chi connectivity index (χ2v) is 3.67. The van der Waals surface area contributed by atoms with E-state index in [1.165, 1.54) is 0 Å². The van der Waals surface area contributed by atoms with Gasteiger partial charge < -0.3 is 9.84 Å². The van der Waals surface area contributed by atoms with E-state index in [0.717, 1.165) is 28.7 Å². The molecule has 0 fully saturated rings. The van der Waals surface area contributed by atoms with Gasteiger partial charge in [-0.3, -0.25) is 0 Å². The maximum atomic E-state index is 8.67. The predicted molar refractivity (Wildman–Crippen MR) is 70.1 cm³/mol. The summed E-state index contributed by atoms with van der Waals surface area (Å²) in [6.07, 6.45) is 2.69. The molecule has 0 heterocycles. The van der Waals surface area contributed by atoms with Crippen LogP contribution in [-0.4, -0.2) is 12.2 Å². The largest absolute Gasteiger partial charge is 0.516 e. The lowest BCUT2D eigenvalue weighted by molar-refractivity contribution is 0.415. The summed E-state index contributed by atoms with van der Waals surface area (Å²) in [7, 11) is 1.66. The van der Waals surface area contributed by atoms with E-state index in [0.29, 0.717) is 0 Å². The Morgan fingerprint density at radius 2 is 1.41 bits per heavy atom. The predicted octanol–water partition coefficient (Wildman–Crippen LogP) is 3.89. The van der Waals surface area contributed by atoms with Crippen molar-refractivity contribution in [1.29, 1.82) is 0 Å². The number of aliphatic hydroxyl groups excluding tert-OH is 1. The SMILES string of the molecule is COc1ccc(-c2ccc(/C=C\O)cc2)cc1. The van der Waals surface area contributed by atoms with Gasteiger partial charge in [0, 0.05) is 0 Å². The van der Waals surface area contributed by atoms with Crippen molar-refractivity contribution in [3.8, 4) is 16.9 Å². The van der Waals surface area contributed by atoms with Crippen LogP contribution in [0.1, 0.15) is 5.56 Å². The monoisotopic (exact) mass is 226 g/mol. The topological polar surface area (TPSA) is 29.5 Å². The van der Waals surface area contributed by atoms with Crippen LogP contribution in [0.2, 0.25) is 0 Å². The number of methoxy groups -OCH3 is 1. The Hall–Kier alpha value is -2.22. The Kier molecular flexibility index (Phi) is 3.46. The van der Waals surface area contributed by atoms with E-state index in [4.69, 9.17) is 9.84 Å². The molecule has 2 rings (SSSR count). The number of hydrogen-bond acceptors (Lipinski definition) is 2. The summed E-state index contributed by atoms with van der Waals surface area (Å²) < 4.78 is 5.12. The first-order chi connectivity index (χ1) is 8.33. The zero-order chi connectivity index (χ0) is 12.1. The second-order valence-electron chi connectivity index (χ2n) is 3.67. The van der Waals surface area contributed by atoms with Crippen LogP contribution in [0.3, 0.4) is 0 Å². The molecule has 0 unspecified atom stereocenters. The number of ether oxygens (including phenoxy) is 1. The molecule has 0 aliphatic heterocycles. The van der Waals surface area contributed by atoms with E-state index in [9.17, 15) is 0 Å². The second kappa shape index (κ2) is 5.21. The lowest BCUT2D eigenvalue weighted by Gasteiger charge is -2.04. The molecule has 0 atom stereocenters. The number of benzene rings is 2. The number of aliphatic hydroxyl groups is 1. The maximum Gasteiger partial charge on any atom is 0.118 e. The molecule has 2 nitrogen and oxygen atoms in total. The highest BCUT2D eigenvalue weighted by molar-refractivity contribution is 5.66. The third-order valence-corrected chi connectivity index (χ3v) is 2.60. The van der Waals surface area contributed by atoms with Gasteiger partial charge in [0.25, 0.3) is 0 Å². The summed E-state index contributed by atoms with van der Waals surface area (Å²) in [5, 5.41) is 8.67. The highest BCUT2D eigenvalue weighted by Crippen LogP contribution is 2.22. The van der Waals surface area contributed by atoms with Crippen LogP contribution in [0.5, 0.6) is 5.75 Å². The smallest absolute Gasteiger partial charge is 0.118 e. The van der Waals surface area contributed by atoms with Crippen LogP contribution in [0.4, 0.5) is 0 Å². The maximum absolute atomic E-state index is 8.67. The van der Waals surface area contributed by atoms with Crippen LogP contribution >= 0.6 is 0 Å². The molecule has 2 aromatic carbocycles. The van der Waals surface area contributed by atoms with Gasteiger partial charge in [-0.15, -0.1) is 0 Å². The molecule has 0 bridgehead atoms. The zero-order valence-corrected chi connectivity index (χ0v) is 9.63. The van der Waals surface area contributed by atoms with Crippen molar-refractivity contribution in [2.45, 2.75) is 0 Å². The van der Waals surface area contributed by atoms with E-state index in [2.05, 4.69) is 0 Å². The van der Waals surface area contributed by atoms with Crippen LogP contribution in [0.15, 0.2) is 54.8 Å². The van der Waals surface area contributed by atoms with Crippen LogP contribution in [-0.2, 0) is 0 Å². The van der Waals surface area contributed by atoms with Gasteiger partial charge in [0.15, 0.2) is 0 Å². The van der Waals surface area contributed by atoms with Crippen molar-refractivity contribution >= 4 is 6.08 Å². The van der Waals surface area contributed by atoms with Gasteiger partial charge in [-0.25, -0.2) is 0 Å². The minimum atomic E-state index is 0.855. The Bertz CT molecular complexity index is 495. The summed E-state index contributed by atoms with van der Waals surface area (Å²) >= 11 is 0. The fourth-order valence-corrected chi connectivity index (χ4v) is 1.66. The molecule has 0 saturated heterocycles. The molecule has 2 aromatic rings. The van der Waals surface area contributed by atoms with Crippen molar-refractivity contribution in [3.63, 3.8) is 0 Å². The average Bonchev–Trinajstić information content (AvgIpc) is 2.40. The highest BCUT2D eigenvalue weighted by atomic mass is 16.5. The fourth-order valence-electron chi connectivity index (χ4n) is 1.66. The third-order valence-electron chi connectivity index (χ3n) is 2.60. The Labute approximate surface area is 101 Å². The van der Waals surface area contributed by atoms with Gasteiger partial charge in [-0.1, -0.05) is 36.4 Å². The van der Waals surface area contributed by atoms with E-state index in [1.807, 2.05) is 48.5 Å². The van der Waals surface area contributed by atoms with Gasteiger partial charge in [0.1, 0.15) is 5.75 Å². The summed E-state index contributed by atoms with van der Waals surface area (Å²) in [5.41, 5.74) is 3.26. The van der Waals surface area contributed by atoms with Crippen LogP contribution in [0.25, 0.3) is 17.2 Å². The van der Waals surface area contributed by atoms with Crippen LogP contribution in [0, 0.1) is 0 Å². The molecule has 2 heteroatoms. The molecular formula is C15H14O2. The van der Waals surface area contributed by atoms with E-state index in [-0.39, 0.29) is 0 Å². The molecule has 0 radical (unpaired) electrons. The lowest BCUT2D eigenvalue weighted by Crippen LogP contribution is -1.83. The Morgan fingerprint density at radius 1 is 0.882 bits per heavy atom. The molecule has 86 valence electrons. The van der Waals surface area contributed by atoms with Crippen molar-refractivity contribution in [2.75, 3.05) is 7.11 Å². The van der Waals surface area contributed by atoms with E-state index >= 15 is 0 Å². The molecule has 17 heavy (non-hydrogen) atoms. The van der Waals surface area contributed by atoms with Crippen LogP contribution < -0.4 is 4.74 Å². The number of hydrogen-bond donors (Lipinski definition) is 1. The minimum Gasteiger partial charge on any atom is -0.516 e. The molecule has 0 spiro atoms. The van der Waals surface area contributed by atoms with E-state index < -0.39 is 0 Å². The Morgan fingerprint density at radius 3 is 1.88 bits per heavy atom. The standard InChI is InChI=1S/C15H14O2/c1-17-15-8-6-14(7-9-15)13-4-2-12(3-5-13)10-11-16/h2-11,16H,1H3/b11-10-. The summed E-state index contributed by atoms with van der Waals surface area (Å²) in [4.78, 5) is 0. The normalized spacial score (nSPS) is 10.6. The van der Waals surface area contributed by atoms with Gasteiger partial charge in [-0.2, -0.15) is 0 Å². The van der Waals surface area contributed by atoms with E-state index in [1.54, 1.807) is 13.2 Å². The molecule has 0 aromatic heterocycles. The molecule has 0 saturated carbocycles. The average molecular weight is 226 g/mol. The molecule has 0 aliphatic carbocycles. The molecule has 0 aliphatic rings.